The minimum Gasteiger partial charge on any atom is -0.322 e. The standard InChI is InChI=1S/C15H19N3/c1-9-5-6-13(10(2)7-9)14-8-11(3)17-15(18-14)12(4)16/h5-8,12H,16H2,1-4H3. The maximum absolute atomic E-state index is 5.87. The summed E-state index contributed by atoms with van der Waals surface area (Å²) in [5.41, 5.74) is 11.4. The van der Waals surface area contributed by atoms with E-state index in [4.69, 9.17) is 5.73 Å². The zero-order chi connectivity index (χ0) is 13.3. The Morgan fingerprint density at radius 3 is 2.39 bits per heavy atom. The molecule has 18 heavy (non-hydrogen) atoms. The summed E-state index contributed by atoms with van der Waals surface area (Å²) in [7, 11) is 0. The summed E-state index contributed by atoms with van der Waals surface area (Å²) in [6, 6.07) is 8.24. The van der Waals surface area contributed by atoms with Gasteiger partial charge in [0.1, 0.15) is 5.82 Å². The van der Waals surface area contributed by atoms with Crippen LogP contribution >= 0.6 is 0 Å². The molecule has 1 aromatic carbocycles. The van der Waals surface area contributed by atoms with E-state index in [9.17, 15) is 0 Å². The van der Waals surface area contributed by atoms with Gasteiger partial charge < -0.3 is 5.73 Å². The molecule has 0 aliphatic rings. The quantitative estimate of drug-likeness (QED) is 0.879. The van der Waals surface area contributed by atoms with E-state index >= 15 is 0 Å². The van der Waals surface area contributed by atoms with Gasteiger partial charge >= 0.3 is 0 Å². The van der Waals surface area contributed by atoms with Crippen molar-refractivity contribution in [2.45, 2.75) is 33.7 Å². The Bertz CT molecular complexity index is 574. The second kappa shape index (κ2) is 4.86. The van der Waals surface area contributed by atoms with Gasteiger partial charge in [-0.15, -0.1) is 0 Å². The van der Waals surface area contributed by atoms with Gasteiger partial charge in [-0.25, -0.2) is 9.97 Å². The van der Waals surface area contributed by atoms with Crippen LogP contribution in [0, 0.1) is 20.8 Å². The van der Waals surface area contributed by atoms with Crippen molar-refractivity contribution >= 4 is 0 Å². The molecule has 3 heteroatoms. The highest BCUT2D eigenvalue weighted by Gasteiger charge is 2.09. The number of hydrogen-bond acceptors (Lipinski definition) is 3. The smallest absolute Gasteiger partial charge is 0.145 e. The number of nitrogens with two attached hydrogens (primary N) is 1. The van der Waals surface area contributed by atoms with Gasteiger partial charge in [-0.3, -0.25) is 0 Å². The van der Waals surface area contributed by atoms with Gasteiger partial charge in [-0.1, -0.05) is 23.8 Å². The molecule has 0 saturated heterocycles. The largest absolute Gasteiger partial charge is 0.322 e. The van der Waals surface area contributed by atoms with Gasteiger partial charge in [-0.05, 0) is 39.3 Å². The van der Waals surface area contributed by atoms with E-state index in [0.717, 1.165) is 17.0 Å². The summed E-state index contributed by atoms with van der Waals surface area (Å²) in [6.07, 6.45) is 0. The Hall–Kier alpha value is -1.74. The van der Waals surface area contributed by atoms with Crippen LogP contribution in [0.15, 0.2) is 24.3 Å². The first-order valence-electron chi connectivity index (χ1n) is 6.16. The number of nitrogens with zero attached hydrogens (tertiary/aromatic N) is 2. The number of benzene rings is 1. The Morgan fingerprint density at radius 1 is 1.06 bits per heavy atom. The van der Waals surface area contributed by atoms with Gasteiger partial charge in [0.25, 0.3) is 0 Å². The Kier molecular flexibility index (Phi) is 3.43. The van der Waals surface area contributed by atoms with Gasteiger partial charge in [0.05, 0.1) is 11.7 Å². The molecule has 0 fully saturated rings. The van der Waals surface area contributed by atoms with E-state index < -0.39 is 0 Å². The molecule has 0 aliphatic carbocycles. The molecule has 1 atom stereocenters. The highest BCUT2D eigenvalue weighted by Crippen LogP contribution is 2.23. The zero-order valence-corrected chi connectivity index (χ0v) is 11.4. The fourth-order valence-electron chi connectivity index (χ4n) is 2.03. The van der Waals surface area contributed by atoms with Crippen molar-refractivity contribution in [1.82, 2.24) is 9.97 Å². The molecule has 1 heterocycles. The highest BCUT2D eigenvalue weighted by atomic mass is 14.9. The normalized spacial score (nSPS) is 12.5. The molecule has 0 spiro atoms. The average Bonchev–Trinajstić information content (AvgIpc) is 2.27. The predicted molar refractivity (Wildman–Crippen MR) is 74.3 cm³/mol. The third-order valence-corrected chi connectivity index (χ3v) is 2.94. The number of hydrogen-bond donors (Lipinski definition) is 1. The topological polar surface area (TPSA) is 51.8 Å². The zero-order valence-electron chi connectivity index (χ0n) is 11.4. The van der Waals surface area contributed by atoms with E-state index in [0.29, 0.717) is 5.82 Å². The molecule has 1 aromatic heterocycles. The summed E-state index contributed by atoms with van der Waals surface area (Å²) < 4.78 is 0. The third kappa shape index (κ3) is 2.57. The Balaban J connectivity index is 2.56. The van der Waals surface area contributed by atoms with Crippen LogP contribution in [0.1, 0.15) is 35.6 Å². The lowest BCUT2D eigenvalue weighted by molar-refractivity contribution is 0.734. The first-order valence-corrected chi connectivity index (χ1v) is 6.16. The lowest BCUT2D eigenvalue weighted by atomic mass is 10.0. The maximum Gasteiger partial charge on any atom is 0.145 e. The highest BCUT2D eigenvalue weighted by molar-refractivity contribution is 5.64. The van der Waals surface area contributed by atoms with Crippen molar-refractivity contribution in [2.75, 3.05) is 0 Å². The fraction of sp³-hybridized carbons (Fsp3) is 0.333. The fourth-order valence-corrected chi connectivity index (χ4v) is 2.03. The molecule has 0 aliphatic heterocycles. The summed E-state index contributed by atoms with van der Waals surface area (Å²) >= 11 is 0. The molecular formula is C15H19N3. The molecule has 0 bridgehead atoms. The molecule has 2 aromatic rings. The van der Waals surface area contributed by atoms with Gasteiger partial charge in [0.2, 0.25) is 0 Å². The molecule has 2 N–H and O–H groups in total. The van der Waals surface area contributed by atoms with Crippen LogP contribution in [0.2, 0.25) is 0 Å². The van der Waals surface area contributed by atoms with Gasteiger partial charge in [-0.2, -0.15) is 0 Å². The van der Waals surface area contributed by atoms with Crippen LogP contribution in [0.25, 0.3) is 11.3 Å². The van der Waals surface area contributed by atoms with Crippen LogP contribution in [-0.2, 0) is 0 Å². The minimum atomic E-state index is -0.144. The van der Waals surface area contributed by atoms with Crippen molar-refractivity contribution in [1.29, 1.82) is 0 Å². The van der Waals surface area contributed by atoms with Crippen LogP contribution in [0.5, 0.6) is 0 Å². The maximum atomic E-state index is 5.87. The molecule has 3 nitrogen and oxygen atoms in total. The van der Waals surface area contributed by atoms with Crippen molar-refractivity contribution in [3.63, 3.8) is 0 Å². The van der Waals surface area contributed by atoms with Crippen LogP contribution in [-0.4, -0.2) is 9.97 Å². The molecule has 0 amide bonds. The van der Waals surface area contributed by atoms with Crippen LogP contribution in [0.3, 0.4) is 0 Å². The number of aryl methyl sites for hydroxylation is 3. The van der Waals surface area contributed by atoms with E-state index in [2.05, 4.69) is 42.0 Å². The van der Waals surface area contributed by atoms with Gasteiger partial charge in [0, 0.05) is 11.3 Å². The molecule has 2 rings (SSSR count). The molecular weight excluding hydrogens is 222 g/mol. The first-order chi connectivity index (χ1) is 8.47. The molecule has 94 valence electrons. The molecule has 0 radical (unpaired) electrons. The Morgan fingerprint density at radius 2 is 1.78 bits per heavy atom. The minimum absolute atomic E-state index is 0.144. The lowest BCUT2D eigenvalue weighted by Crippen LogP contribution is -2.11. The van der Waals surface area contributed by atoms with Crippen molar-refractivity contribution < 1.29 is 0 Å². The predicted octanol–water partition coefficient (Wildman–Crippen LogP) is 3.09. The van der Waals surface area contributed by atoms with Gasteiger partial charge in [0.15, 0.2) is 0 Å². The molecule has 1 unspecified atom stereocenters. The van der Waals surface area contributed by atoms with Crippen molar-refractivity contribution in [3.8, 4) is 11.3 Å². The second-order valence-corrected chi connectivity index (χ2v) is 4.86. The third-order valence-electron chi connectivity index (χ3n) is 2.94. The van der Waals surface area contributed by atoms with Crippen LogP contribution < -0.4 is 5.73 Å². The summed E-state index contributed by atoms with van der Waals surface area (Å²) in [4.78, 5) is 8.93. The molecule has 0 saturated carbocycles. The second-order valence-electron chi connectivity index (χ2n) is 4.86. The monoisotopic (exact) mass is 241 g/mol. The lowest BCUT2D eigenvalue weighted by Gasteiger charge is -2.10. The number of aromatic nitrogens is 2. The van der Waals surface area contributed by atoms with E-state index in [1.807, 2.05) is 19.9 Å². The number of rotatable bonds is 2. The first kappa shape index (κ1) is 12.7. The van der Waals surface area contributed by atoms with E-state index in [1.54, 1.807) is 0 Å². The van der Waals surface area contributed by atoms with Crippen molar-refractivity contribution in [3.05, 3.63) is 46.9 Å². The summed E-state index contributed by atoms with van der Waals surface area (Å²) in [6.45, 7) is 8.07. The van der Waals surface area contributed by atoms with E-state index in [1.165, 1.54) is 11.1 Å². The van der Waals surface area contributed by atoms with Crippen LogP contribution in [0.4, 0.5) is 0 Å². The van der Waals surface area contributed by atoms with E-state index in [-0.39, 0.29) is 6.04 Å². The SMILES string of the molecule is Cc1ccc(-c2cc(C)nc(C(C)N)n2)c(C)c1. The average molecular weight is 241 g/mol. The Labute approximate surface area is 108 Å². The summed E-state index contributed by atoms with van der Waals surface area (Å²) in [5.74, 6) is 0.699. The summed E-state index contributed by atoms with van der Waals surface area (Å²) in [5, 5.41) is 0. The van der Waals surface area contributed by atoms with Crippen molar-refractivity contribution in [2.24, 2.45) is 5.73 Å².